The lowest BCUT2D eigenvalue weighted by Crippen LogP contribution is -2.24. The van der Waals surface area contributed by atoms with E-state index >= 15 is 0 Å². The number of fused-ring (bicyclic) bond motifs is 1. The number of rotatable bonds is 4. The third-order valence-electron chi connectivity index (χ3n) is 2.33. The first kappa shape index (κ1) is 12.0. The monoisotopic (exact) mass is 256 g/mol. The molecule has 17 heavy (non-hydrogen) atoms. The highest BCUT2D eigenvalue weighted by molar-refractivity contribution is 7.89. The zero-order valence-corrected chi connectivity index (χ0v) is 10.0. The van der Waals surface area contributed by atoms with Gasteiger partial charge in [-0.2, -0.15) is 0 Å². The number of hydrogen-bond donors (Lipinski definition) is 2. The summed E-state index contributed by atoms with van der Waals surface area (Å²) in [6.45, 7) is 1.91. The first-order chi connectivity index (χ1) is 8.03. The Labute approximate surface area is 99.0 Å². The summed E-state index contributed by atoms with van der Waals surface area (Å²) in [5.41, 5.74) is 1.33. The number of carbonyl (C=O) groups is 1. The average Bonchev–Trinajstić information content (AvgIpc) is 2.65. The molecule has 1 heterocycles. The van der Waals surface area contributed by atoms with Crippen LogP contribution in [0.5, 0.6) is 0 Å². The highest BCUT2D eigenvalue weighted by Gasteiger charge is 2.21. The third kappa shape index (κ3) is 2.46. The summed E-state index contributed by atoms with van der Waals surface area (Å²) < 4.78 is 23.5. The fourth-order valence-corrected chi connectivity index (χ4v) is 2.47. The summed E-state index contributed by atoms with van der Waals surface area (Å²) in [4.78, 5) is 17.9. The normalized spacial score (nSPS) is 14.5. The number of anilines is 1. The second kappa shape index (κ2) is 4.44. The van der Waals surface area contributed by atoms with Gasteiger partial charge in [-0.25, -0.2) is 8.42 Å². The SMILES string of the molecule is CCONS(=O)(=O)c1ccc2c(c1)CC(=O)N2. The first-order valence-corrected chi connectivity index (χ1v) is 6.57. The number of benzene rings is 1. The predicted molar refractivity (Wildman–Crippen MR) is 60.7 cm³/mol. The van der Waals surface area contributed by atoms with Gasteiger partial charge in [0.1, 0.15) is 0 Å². The molecule has 0 atom stereocenters. The van der Waals surface area contributed by atoms with Gasteiger partial charge >= 0.3 is 0 Å². The van der Waals surface area contributed by atoms with Crippen LogP contribution < -0.4 is 10.2 Å². The summed E-state index contributed by atoms with van der Waals surface area (Å²) in [6, 6.07) is 4.46. The van der Waals surface area contributed by atoms with Crippen molar-refractivity contribution in [3.05, 3.63) is 23.8 Å². The van der Waals surface area contributed by atoms with E-state index < -0.39 is 10.0 Å². The van der Waals surface area contributed by atoms with Crippen molar-refractivity contribution in [2.75, 3.05) is 11.9 Å². The summed E-state index contributed by atoms with van der Waals surface area (Å²) >= 11 is 0. The largest absolute Gasteiger partial charge is 0.326 e. The summed E-state index contributed by atoms with van der Waals surface area (Å²) in [7, 11) is -3.67. The first-order valence-electron chi connectivity index (χ1n) is 5.09. The number of sulfonamides is 1. The molecule has 0 unspecified atom stereocenters. The van der Waals surface area contributed by atoms with E-state index in [1.165, 1.54) is 12.1 Å². The zero-order valence-electron chi connectivity index (χ0n) is 9.19. The third-order valence-corrected chi connectivity index (χ3v) is 3.54. The minimum absolute atomic E-state index is 0.0844. The van der Waals surface area contributed by atoms with Gasteiger partial charge in [0.25, 0.3) is 10.0 Å². The minimum atomic E-state index is -3.67. The van der Waals surface area contributed by atoms with Gasteiger partial charge in [0.2, 0.25) is 5.91 Å². The van der Waals surface area contributed by atoms with Crippen molar-refractivity contribution >= 4 is 21.6 Å². The summed E-state index contributed by atoms with van der Waals surface area (Å²) in [6.07, 6.45) is 0.202. The Morgan fingerprint density at radius 1 is 1.47 bits per heavy atom. The van der Waals surface area contributed by atoms with Crippen LogP contribution in [-0.4, -0.2) is 20.9 Å². The van der Waals surface area contributed by atoms with Gasteiger partial charge < -0.3 is 5.32 Å². The molecule has 1 aromatic carbocycles. The molecule has 0 saturated heterocycles. The van der Waals surface area contributed by atoms with Crippen molar-refractivity contribution in [1.82, 2.24) is 4.89 Å². The highest BCUT2D eigenvalue weighted by atomic mass is 32.2. The summed E-state index contributed by atoms with van der Waals surface area (Å²) in [5.74, 6) is -0.132. The molecule has 7 heteroatoms. The van der Waals surface area contributed by atoms with Crippen LogP contribution in [0.25, 0.3) is 0 Å². The molecule has 1 aromatic rings. The molecule has 6 nitrogen and oxygen atoms in total. The van der Waals surface area contributed by atoms with Crippen molar-refractivity contribution in [3.63, 3.8) is 0 Å². The maximum absolute atomic E-state index is 11.7. The van der Waals surface area contributed by atoms with Gasteiger partial charge in [-0.3, -0.25) is 9.63 Å². The fraction of sp³-hybridized carbons (Fsp3) is 0.300. The van der Waals surface area contributed by atoms with Gasteiger partial charge in [0, 0.05) is 5.69 Å². The van der Waals surface area contributed by atoms with E-state index in [0.29, 0.717) is 11.3 Å². The van der Waals surface area contributed by atoms with Crippen LogP contribution >= 0.6 is 0 Å². The molecule has 1 aliphatic heterocycles. The summed E-state index contributed by atoms with van der Waals surface area (Å²) in [5, 5.41) is 2.63. The molecule has 2 rings (SSSR count). The maximum Gasteiger partial charge on any atom is 0.262 e. The van der Waals surface area contributed by atoms with Gasteiger partial charge in [0.15, 0.2) is 0 Å². The predicted octanol–water partition coefficient (Wildman–Crippen LogP) is 0.411. The molecule has 0 aliphatic carbocycles. The van der Waals surface area contributed by atoms with Crippen molar-refractivity contribution in [1.29, 1.82) is 0 Å². The Morgan fingerprint density at radius 3 is 2.94 bits per heavy atom. The zero-order chi connectivity index (χ0) is 12.5. The van der Waals surface area contributed by atoms with Gasteiger partial charge in [-0.1, -0.05) is 4.89 Å². The number of hydrogen-bond acceptors (Lipinski definition) is 4. The Balaban J connectivity index is 2.30. The second-order valence-electron chi connectivity index (χ2n) is 3.56. The van der Waals surface area contributed by atoms with Crippen molar-refractivity contribution in [2.24, 2.45) is 0 Å². The van der Waals surface area contributed by atoms with Crippen LogP contribution in [0.3, 0.4) is 0 Å². The topological polar surface area (TPSA) is 84.5 Å². The lowest BCUT2D eigenvalue weighted by Gasteiger charge is -2.06. The lowest BCUT2D eigenvalue weighted by atomic mass is 10.2. The average molecular weight is 256 g/mol. The van der Waals surface area contributed by atoms with E-state index in [1.807, 2.05) is 4.89 Å². The quantitative estimate of drug-likeness (QED) is 0.764. The second-order valence-corrected chi connectivity index (χ2v) is 5.21. The van der Waals surface area contributed by atoms with E-state index in [1.54, 1.807) is 13.0 Å². The maximum atomic E-state index is 11.7. The molecule has 0 saturated carbocycles. The van der Waals surface area contributed by atoms with E-state index in [4.69, 9.17) is 0 Å². The molecule has 1 aliphatic rings. The van der Waals surface area contributed by atoms with E-state index in [2.05, 4.69) is 10.2 Å². The number of amides is 1. The van der Waals surface area contributed by atoms with Crippen molar-refractivity contribution < 1.29 is 18.0 Å². The smallest absolute Gasteiger partial charge is 0.262 e. The van der Waals surface area contributed by atoms with E-state index in [9.17, 15) is 13.2 Å². The van der Waals surface area contributed by atoms with Crippen LogP contribution in [0.15, 0.2) is 23.1 Å². The molecule has 0 spiro atoms. The molecule has 0 fully saturated rings. The van der Waals surface area contributed by atoms with Crippen LogP contribution in [0, 0.1) is 0 Å². The van der Waals surface area contributed by atoms with Crippen LogP contribution in [0.4, 0.5) is 5.69 Å². The van der Waals surface area contributed by atoms with Crippen LogP contribution in [0.1, 0.15) is 12.5 Å². The number of nitrogens with one attached hydrogen (secondary N) is 2. The standard InChI is InChI=1S/C10H12N2O4S/c1-2-16-12-17(14,15)8-3-4-9-7(5-8)6-10(13)11-9/h3-5,12H,2,6H2,1H3,(H,11,13). The van der Waals surface area contributed by atoms with Gasteiger partial charge in [0.05, 0.1) is 17.9 Å². The fourth-order valence-electron chi connectivity index (χ4n) is 1.56. The Morgan fingerprint density at radius 2 is 2.24 bits per heavy atom. The highest BCUT2D eigenvalue weighted by Crippen LogP contribution is 2.25. The Kier molecular flexibility index (Phi) is 3.14. The molecule has 0 radical (unpaired) electrons. The Bertz CT molecular complexity index is 553. The van der Waals surface area contributed by atoms with E-state index in [0.717, 1.165) is 0 Å². The molecule has 1 amide bonds. The van der Waals surface area contributed by atoms with Gasteiger partial charge in [-0.05, 0) is 30.7 Å². The molecular weight excluding hydrogens is 244 g/mol. The van der Waals surface area contributed by atoms with Crippen molar-refractivity contribution in [2.45, 2.75) is 18.2 Å². The van der Waals surface area contributed by atoms with Crippen LogP contribution in [0.2, 0.25) is 0 Å². The van der Waals surface area contributed by atoms with Crippen molar-refractivity contribution in [3.8, 4) is 0 Å². The van der Waals surface area contributed by atoms with E-state index in [-0.39, 0.29) is 23.8 Å². The number of carbonyl (C=O) groups excluding carboxylic acids is 1. The molecule has 0 aromatic heterocycles. The van der Waals surface area contributed by atoms with Crippen LogP contribution in [-0.2, 0) is 26.1 Å². The molecule has 92 valence electrons. The molecule has 2 N–H and O–H groups in total. The molecular formula is C10H12N2O4S. The lowest BCUT2D eigenvalue weighted by molar-refractivity contribution is -0.115. The minimum Gasteiger partial charge on any atom is -0.326 e. The Hall–Kier alpha value is -1.44. The van der Waals surface area contributed by atoms with Gasteiger partial charge in [-0.15, -0.1) is 0 Å². The molecule has 0 bridgehead atoms.